The number of benzene rings is 2. The molecule has 174 valence electrons. The highest BCUT2D eigenvalue weighted by molar-refractivity contribution is 7.89. The predicted octanol–water partition coefficient (Wildman–Crippen LogP) is 2.22. The Labute approximate surface area is 191 Å². The molecule has 3 rings (SSSR count). The maximum Gasteiger partial charge on any atom is 0.242 e. The number of likely N-dealkylation sites (N-methyl/N-ethyl adjacent to an activating group) is 1. The number of piperidine rings is 1. The number of hydrogen-bond acceptors (Lipinski definition) is 5. The van der Waals surface area contributed by atoms with Gasteiger partial charge < -0.3 is 19.7 Å². The largest absolute Gasteiger partial charge is 0.530 e. The first-order valence-corrected chi connectivity index (χ1v) is 12.5. The lowest BCUT2D eigenvalue weighted by atomic mass is 9.94. The summed E-state index contributed by atoms with van der Waals surface area (Å²) in [4.78, 5) is 15.0. The molecule has 1 saturated heterocycles. The Hall–Kier alpha value is -2.42. The molecular weight excluding hydrogens is 426 g/mol. The second kappa shape index (κ2) is 10.9. The summed E-state index contributed by atoms with van der Waals surface area (Å²) >= 11 is 0. The van der Waals surface area contributed by atoms with Crippen LogP contribution in [0.25, 0.3) is 0 Å². The van der Waals surface area contributed by atoms with E-state index >= 15 is 0 Å². The van der Waals surface area contributed by atoms with Crippen LogP contribution >= 0.6 is 0 Å². The van der Waals surface area contributed by atoms with Gasteiger partial charge in [0, 0.05) is 39.8 Å². The van der Waals surface area contributed by atoms with Crippen LogP contribution < -0.4 is 5.11 Å². The molecule has 7 nitrogen and oxygen atoms in total. The van der Waals surface area contributed by atoms with Crippen molar-refractivity contribution in [3.63, 3.8) is 0 Å². The molecule has 0 aliphatic carbocycles. The van der Waals surface area contributed by atoms with Gasteiger partial charge in [0.25, 0.3) is 0 Å². The highest BCUT2D eigenvalue weighted by Crippen LogP contribution is 2.25. The first kappa shape index (κ1) is 24.2. The van der Waals surface area contributed by atoms with Crippen LogP contribution in [0.15, 0.2) is 65.6 Å². The monoisotopic (exact) mass is 458 g/mol. The average Bonchev–Trinajstić information content (AvgIpc) is 2.82. The van der Waals surface area contributed by atoms with Gasteiger partial charge >= 0.3 is 0 Å². The van der Waals surface area contributed by atoms with Crippen molar-refractivity contribution in [2.45, 2.75) is 36.1 Å². The van der Waals surface area contributed by atoms with Gasteiger partial charge in [-0.1, -0.05) is 48.5 Å². The van der Waals surface area contributed by atoms with E-state index in [1.54, 1.807) is 44.4 Å². The predicted molar refractivity (Wildman–Crippen MR) is 123 cm³/mol. The molecule has 0 N–H and O–H groups in total. The first-order chi connectivity index (χ1) is 15.3. The molecule has 1 amide bonds. The van der Waals surface area contributed by atoms with E-state index in [0.717, 1.165) is 44.5 Å². The number of carboxylic acid groups (broad SMARTS) is 1. The van der Waals surface area contributed by atoms with Crippen molar-refractivity contribution in [3.8, 4) is 0 Å². The standard InChI is InChI=1S/C24H33N3O4S/c1-25(32(30,31)23-11-7-4-8-12-23)19-21(20-9-5-3-6-10-20)13-16-27-17-14-22(15-18-27)26(2)24(28)29/h3-12,21-22H,13-19H2,1-2H3,(H,28,29)/p-1. The van der Waals surface area contributed by atoms with Crippen molar-refractivity contribution in [3.05, 3.63) is 66.2 Å². The third-order valence-corrected chi connectivity index (χ3v) is 8.22. The molecule has 1 fully saturated rings. The highest BCUT2D eigenvalue weighted by Gasteiger charge is 2.26. The molecule has 0 bridgehead atoms. The van der Waals surface area contributed by atoms with E-state index in [2.05, 4.69) is 17.0 Å². The van der Waals surface area contributed by atoms with Gasteiger partial charge in [0.1, 0.15) is 6.09 Å². The fourth-order valence-electron chi connectivity index (χ4n) is 4.29. The molecule has 2 aromatic carbocycles. The summed E-state index contributed by atoms with van der Waals surface area (Å²) in [6.45, 7) is 2.87. The zero-order valence-electron chi connectivity index (χ0n) is 18.8. The van der Waals surface area contributed by atoms with Crippen LogP contribution in [0.1, 0.15) is 30.7 Å². The molecule has 1 unspecified atom stereocenters. The minimum absolute atomic E-state index is 0.00307. The van der Waals surface area contributed by atoms with Gasteiger partial charge in [-0.15, -0.1) is 0 Å². The Bertz CT molecular complexity index is 961. The number of nitrogens with zero attached hydrogens (tertiary/aromatic N) is 3. The van der Waals surface area contributed by atoms with E-state index in [9.17, 15) is 18.3 Å². The van der Waals surface area contributed by atoms with Crippen LogP contribution in [0, 0.1) is 0 Å². The summed E-state index contributed by atoms with van der Waals surface area (Å²) in [7, 11) is -0.346. The number of sulfonamides is 1. The van der Waals surface area contributed by atoms with Crippen LogP contribution in [-0.2, 0) is 10.0 Å². The van der Waals surface area contributed by atoms with E-state index in [4.69, 9.17) is 0 Å². The molecular formula is C24H32N3O4S-. The van der Waals surface area contributed by atoms with Crippen molar-refractivity contribution in [1.82, 2.24) is 14.1 Å². The van der Waals surface area contributed by atoms with Crippen LogP contribution in [0.4, 0.5) is 4.79 Å². The number of likely N-dealkylation sites (tertiary alicyclic amines) is 1. The molecule has 0 aromatic heterocycles. The third kappa shape index (κ3) is 6.09. The molecule has 8 heteroatoms. The number of rotatable bonds is 9. The van der Waals surface area contributed by atoms with Gasteiger partial charge in [-0.3, -0.25) is 0 Å². The molecule has 32 heavy (non-hydrogen) atoms. The maximum atomic E-state index is 13.0. The van der Waals surface area contributed by atoms with Crippen molar-refractivity contribution in [1.29, 1.82) is 0 Å². The molecule has 1 aliphatic heterocycles. The number of carbonyl (C=O) groups is 1. The Balaban J connectivity index is 1.64. The number of carbonyl (C=O) groups excluding carboxylic acids is 1. The Morgan fingerprint density at radius 2 is 1.59 bits per heavy atom. The third-order valence-electron chi connectivity index (χ3n) is 6.39. The fourth-order valence-corrected chi connectivity index (χ4v) is 5.52. The summed E-state index contributed by atoms with van der Waals surface area (Å²) in [6.07, 6.45) is 1.25. The molecule has 1 aliphatic rings. The van der Waals surface area contributed by atoms with E-state index in [-0.39, 0.29) is 12.0 Å². The Morgan fingerprint density at radius 3 is 2.16 bits per heavy atom. The molecule has 0 radical (unpaired) electrons. The van der Waals surface area contributed by atoms with Crippen LogP contribution in [0.3, 0.4) is 0 Å². The lowest BCUT2D eigenvalue weighted by Gasteiger charge is -2.38. The zero-order chi connectivity index (χ0) is 23.1. The summed E-state index contributed by atoms with van der Waals surface area (Å²) < 4.78 is 27.5. The Morgan fingerprint density at radius 1 is 1.03 bits per heavy atom. The smallest absolute Gasteiger partial charge is 0.242 e. The van der Waals surface area contributed by atoms with Gasteiger partial charge in [-0.05, 0) is 49.4 Å². The summed E-state index contributed by atoms with van der Waals surface area (Å²) in [5.41, 5.74) is 1.12. The summed E-state index contributed by atoms with van der Waals surface area (Å²) in [6, 6.07) is 18.5. The summed E-state index contributed by atoms with van der Waals surface area (Å²) in [5.74, 6) is 0.0586. The zero-order valence-corrected chi connectivity index (χ0v) is 19.6. The topological polar surface area (TPSA) is 84.0 Å². The first-order valence-electron chi connectivity index (χ1n) is 11.0. The van der Waals surface area contributed by atoms with E-state index in [1.165, 1.54) is 9.21 Å². The highest BCUT2D eigenvalue weighted by atomic mass is 32.2. The molecule has 2 aromatic rings. The minimum atomic E-state index is -3.56. The van der Waals surface area contributed by atoms with Gasteiger partial charge in [0.15, 0.2) is 0 Å². The van der Waals surface area contributed by atoms with Crippen molar-refractivity contribution >= 4 is 16.1 Å². The van der Waals surface area contributed by atoms with Gasteiger partial charge in [0.2, 0.25) is 10.0 Å². The molecule has 0 saturated carbocycles. The molecule has 1 atom stereocenters. The van der Waals surface area contributed by atoms with Crippen molar-refractivity contribution < 1.29 is 18.3 Å². The lowest BCUT2D eigenvalue weighted by molar-refractivity contribution is -0.266. The van der Waals surface area contributed by atoms with E-state index < -0.39 is 16.1 Å². The van der Waals surface area contributed by atoms with Gasteiger partial charge in [0.05, 0.1) is 4.90 Å². The van der Waals surface area contributed by atoms with Gasteiger partial charge in [-0.2, -0.15) is 0 Å². The maximum absolute atomic E-state index is 13.0. The van der Waals surface area contributed by atoms with Crippen molar-refractivity contribution in [2.24, 2.45) is 0 Å². The Kier molecular flexibility index (Phi) is 8.28. The second-order valence-electron chi connectivity index (χ2n) is 8.44. The second-order valence-corrected chi connectivity index (χ2v) is 10.5. The minimum Gasteiger partial charge on any atom is -0.530 e. The van der Waals surface area contributed by atoms with E-state index in [0.29, 0.717) is 11.4 Å². The van der Waals surface area contributed by atoms with Crippen LogP contribution in [0.5, 0.6) is 0 Å². The SMILES string of the molecule is CN(C(=O)[O-])C1CCN(CCC(CN(C)S(=O)(=O)c2ccccc2)c2ccccc2)CC1. The summed E-state index contributed by atoms with van der Waals surface area (Å²) in [5, 5.41) is 11.1. The number of hydrogen-bond donors (Lipinski definition) is 0. The average molecular weight is 459 g/mol. The normalized spacial score (nSPS) is 16.7. The fraction of sp³-hybridized carbons (Fsp3) is 0.458. The van der Waals surface area contributed by atoms with Crippen LogP contribution in [0.2, 0.25) is 0 Å². The van der Waals surface area contributed by atoms with Crippen molar-refractivity contribution in [2.75, 3.05) is 40.3 Å². The van der Waals surface area contributed by atoms with E-state index in [1.807, 2.05) is 18.2 Å². The molecule has 0 spiro atoms. The number of amides is 1. The van der Waals surface area contributed by atoms with Gasteiger partial charge in [-0.25, -0.2) is 12.7 Å². The molecule has 1 heterocycles. The lowest BCUT2D eigenvalue weighted by Crippen LogP contribution is -2.49. The van der Waals surface area contributed by atoms with Crippen LogP contribution in [-0.4, -0.2) is 74.9 Å². The quantitative estimate of drug-likeness (QED) is 0.575.